The summed E-state index contributed by atoms with van der Waals surface area (Å²) in [7, 11) is 0. The Labute approximate surface area is 234 Å². The van der Waals surface area contributed by atoms with Gasteiger partial charge in [-0.25, -0.2) is 0 Å². The number of aryl methyl sites for hydroxylation is 1. The molecule has 2 aromatic carbocycles. The Bertz CT molecular complexity index is 1650. The summed E-state index contributed by atoms with van der Waals surface area (Å²) in [5.74, 6) is 1.25. The molecule has 2 aliphatic heterocycles. The number of thiophene rings is 1. The number of rotatable bonds is 5. The molecule has 39 heavy (non-hydrogen) atoms. The summed E-state index contributed by atoms with van der Waals surface area (Å²) in [5.41, 5.74) is 1.57. The van der Waals surface area contributed by atoms with Crippen molar-refractivity contribution in [2.75, 3.05) is 18.4 Å². The SMILES string of the molecule is Cc1cc(Oc2ccccc2)cc[c]1[Sn]1([CH3])[C](=O)Nc2c(C(=O)N[C@@H]3CCCN(C#N)C3)sc3ncc[c]1c23. The Morgan fingerprint density at radius 1 is 1.21 bits per heavy atom. The number of pyridine rings is 1. The maximum absolute atomic E-state index is 14.0. The van der Waals surface area contributed by atoms with Gasteiger partial charge in [-0.1, -0.05) is 0 Å². The fourth-order valence-corrected chi connectivity index (χ4v) is 17.2. The van der Waals surface area contributed by atoms with E-state index in [0.717, 1.165) is 47.3 Å². The first-order chi connectivity index (χ1) is 18.9. The first-order valence-corrected chi connectivity index (χ1v) is 20.9. The van der Waals surface area contributed by atoms with Gasteiger partial charge in [0.15, 0.2) is 0 Å². The molecule has 4 aromatic rings. The van der Waals surface area contributed by atoms with E-state index in [1.54, 1.807) is 11.1 Å². The van der Waals surface area contributed by atoms with Crippen molar-refractivity contribution in [2.45, 2.75) is 30.7 Å². The van der Waals surface area contributed by atoms with E-state index < -0.39 is 18.4 Å². The average molecular weight is 644 g/mol. The summed E-state index contributed by atoms with van der Waals surface area (Å²) in [6.07, 6.45) is 5.59. The predicted molar refractivity (Wildman–Crippen MR) is 155 cm³/mol. The first kappa shape index (κ1) is 25.6. The molecule has 2 aliphatic rings. The second-order valence-corrected chi connectivity index (χ2v) is 22.0. The van der Waals surface area contributed by atoms with Crippen LogP contribution in [0.15, 0.2) is 60.8 Å². The summed E-state index contributed by atoms with van der Waals surface area (Å²) >= 11 is -2.60. The van der Waals surface area contributed by atoms with Crippen LogP contribution in [0, 0.1) is 18.4 Å². The van der Waals surface area contributed by atoms with E-state index in [0.29, 0.717) is 23.7 Å². The van der Waals surface area contributed by atoms with Crippen molar-refractivity contribution in [1.82, 2.24) is 15.2 Å². The fraction of sp³-hybridized carbons (Fsp3) is 0.241. The molecule has 0 bridgehead atoms. The zero-order valence-corrected chi connectivity index (χ0v) is 25.3. The zero-order chi connectivity index (χ0) is 27.1. The van der Waals surface area contributed by atoms with Gasteiger partial charge in [0.2, 0.25) is 0 Å². The number of nitrogens with zero attached hydrogens (tertiary/aromatic N) is 3. The van der Waals surface area contributed by atoms with Crippen molar-refractivity contribution in [2.24, 2.45) is 0 Å². The molecule has 2 N–H and O–H groups in total. The van der Waals surface area contributed by atoms with E-state index in [9.17, 15) is 14.9 Å². The van der Waals surface area contributed by atoms with Gasteiger partial charge < -0.3 is 0 Å². The summed E-state index contributed by atoms with van der Waals surface area (Å²) < 4.78 is 8.13. The van der Waals surface area contributed by atoms with Crippen LogP contribution < -0.4 is 22.5 Å². The number of aromatic nitrogens is 1. The summed E-state index contributed by atoms with van der Waals surface area (Å²) in [4.78, 5) is 36.9. The number of nitriles is 1. The van der Waals surface area contributed by atoms with Crippen LogP contribution in [-0.2, 0) is 0 Å². The fourth-order valence-electron chi connectivity index (χ4n) is 5.67. The van der Waals surface area contributed by atoms with Crippen molar-refractivity contribution >= 4 is 62.6 Å². The normalized spacial score (nSPS) is 20.3. The predicted octanol–water partition coefficient (Wildman–Crippen LogP) is 4.39. The van der Waals surface area contributed by atoms with Crippen molar-refractivity contribution in [3.8, 4) is 17.7 Å². The number of amides is 2. The Balaban J connectivity index is 1.36. The van der Waals surface area contributed by atoms with Crippen LogP contribution in [0.2, 0.25) is 4.94 Å². The molecule has 1 saturated heterocycles. The number of piperidine rings is 1. The maximum atomic E-state index is 14.0. The van der Waals surface area contributed by atoms with Crippen molar-refractivity contribution < 1.29 is 14.3 Å². The Morgan fingerprint density at radius 3 is 2.79 bits per heavy atom. The van der Waals surface area contributed by atoms with Gasteiger partial charge in [0.1, 0.15) is 0 Å². The topological polar surface area (TPSA) is 107 Å². The van der Waals surface area contributed by atoms with E-state index in [1.165, 1.54) is 11.3 Å². The van der Waals surface area contributed by atoms with Crippen LogP contribution in [0.25, 0.3) is 10.2 Å². The van der Waals surface area contributed by atoms with Gasteiger partial charge >= 0.3 is 235 Å². The number of hydrogen-bond acceptors (Lipinski definition) is 7. The van der Waals surface area contributed by atoms with Gasteiger partial charge in [-0.3, -0.25) is 0 Å². The second-order valence-electron chi connectivity index (χ2n) is 10.2. The number of anilines is 1. The molecule has 8 nitrogen and oxygen atoms in total. The molecular weight excluding hydrogens is 617 g/mol. The van der Waals surface area contributed by atoms with Crippen molar-refractivity contribution in [3.05, 3.63) is 71.2 Å². The molecule has 2 atom stereocenters. The van der Waals surface area contributed by atoms with Crippen LogP contribution >= 0.6 is 11.3 Å². The quantitative estimate of drug-likeness (QED) is 0.247. The second kappa shape index (κ2) is 10.2. The van der Waals surface area contributed by atoms with Gasteiger partial charge in [-0.05, 0) is 0 Å². The van der Waals surface area contributed by atoms with Crippen LogP contribution in [0.3, 0.4) is 0 Å². The van der Waals surface area contributed by atoms with E-state index in [-0.39, 0.29) is 15.9 Å². The number of para-hydroxylation sites is 1. The number of carbonyl (C=O) groups excluding carboxylic acids is 2. The number of carbonyl (C=O) groups is 2. The molecule has 1 fully saturated rings. The molecule has 0 aliphatic carbocycles. The number of hydrogen-bond donors (Lipinski definition) is 2. The minimum absolute atomic E-state index is 0.00454. The standard InChI is InChI=1S/C15H13N5O2S.C13H11O.CH3.Sn/c16-8-20-6-2-3-10(7-20)19-14(22)13-12(18-9-21)11-4-1-5-17-15(11)23-13;1-11-6-5-9-13(10-11)14-12-7-3-2-4-8-12;;/h1,5,10H,2-3,6-7H2,(H,18,21)(H,19,22);2-5,7-10H,1H3;1H3;/t10-;;;/m1.../s1. The van der Waals surface area contributed by atoms with Crippen LogP contribution in [0.4, 0.5) is 10.5 Å². The number of likely N-dealkylation sites (tertiary alicyclic amines) is 1. The van der Waals surface area contributed by atoms with Crippen LogP contribution in [-0.4, -0.2) is 57.2 Å². The third kappa shape index (κ3) is 4.51. The van der Waals surface area contributed by atoms with Gasteiger partial charge in [-0.2, -0.15) is 0 Å². The molecular formula is C29H27N5O3SSn. The molecule has 6 rings (SSSR count). The van der Waals surface area contributed by atoms with Gasteiger partial charge in [-0.15, -0.1) is 0 Å². The molecule has 196 valence electrons. The van der Waals surface area contributed by atoms with Crippen LogP contribution in [0.1, 0.15) is 28.1 Å². The minimum atomic E-state index is -3.90. The van der Waals surface area contributed by atoms with Gasteiger partial charge in [0.05, 0.1) is 0 Å². The average Bonchev–Trinajstić information content (AvgIpc) is 3.31. The molecule has 4 heterocycles. The van der Waals surface area contributed by atoms with E-state index in [1.807, 2.05) is 61.5 Å². The third-order valence-electron chi connectivity index (χ3n) is 7.64. The van der Waals surface area contributed by atoms with Crippen molar-refractivity contribution in [1.29, 1.82) is 5.26 Å². The molecule has 1 unspecified atom stereocenters. The monoisotopic (exact) mass is 645 g/mol. The van der Waals surface area contributed by atoms with Crippen molar-refractivity contribution in [3.63, 3.8) is 0 Å². The summed E-state index contributed by atoms with van der Waals surface area (Å²) in [6.45, 7) is 3.23. The number of ether oxygens (including phenoxy) is 1. The molecule has 2 amide bonds. The first-order valence-electron chi connectivity index (χ1n) is 12.9. The molecule has 2 aromatic heterocycles. The Morgan fingerprint density at radius 2 is 2.03 bits per heavy atom. The van der Waals surface area contributed by atoms with E-state index in [2.05, 4.69) is 26.8 Å². The summed E-state index contributed by atoms with van der Waals surface area (Å²) in [5, 5.41) is 16.4. The summed E-state index contributed by atoms with van der Waals surface area (Å²) in [6, 6.07) is 17.4. The van der Waals surface area contributed by atoms with E-state index in [4.69, 9.17) is 4.74 Å². The Hall–Kier alpha value is -3.62. The van der Waals surface area contributed by atoms with Gasteiger partial charge in [0.25, 0.3) is 0 Å². The van der Waals surface area contributed by atoms with E-state index >= 15 is 0 Å². The number of benzene rings is 2. The molecule has 0 radical (unpaired) electrons. The Kier molecular flexibility index (Phi) is 6.69. The molecule has 0 saturated carbocycles. The third-order valence-corrected chi connectivity index (χ3v) is 20.6. The zero-order valence-electron chi connectivity index (χ0n) is 21.7. The number of nitrogens with one attached hydrogen (secondary N) is 2. The van der Waals surface area contributed by atoms with Gasteiger partial charge in [0, 0.05) is 0 Å². The van der Waals surface area contributed by atoms with Crippen LogP contribution in [0.5, 0.6) is 11.5 Å². The molecule has 10 heteroatoms. The molecule has 0 spiro atoms.